The van der Waals surface area contributed by atoms with Gasteiger partial charge in [0.05, 0.1) is 23.8 Å². The van der Waals surface area contributed by atoms with Crippen molar-refractivity contribution >= 4 is 25.4 Å². The number of aliphatic hydroxyl groups excluding tert-OH is 1. The number of amides is 1. The number of rotatable bonds is 8. The maximum absolute atomic E-state index is 13.6. The molecule has 3 heterocycles. The summed E-state index contributed by atoms with van der Waals surface area (Å²) >= 11 is 0. The first-order valence-electron chi connectivity index (χ1n) is 17.1. The second kappa shape index (κ2) is 15.5. The fraction of sp³-hybridized carbons (Fsp3) is 0.706. The lowest BCUT2D eigenvalue weighted by molar-refractivity contribution is -0.209. The highest BCUT2D eigenvalue weighted by Gasteiger charge is 2.57. The topological polar surface area (TPSA) is 154 Å². The molecule has 4 N–H and O–H groups in total. The largest absolute Gasteiger partial charge is 0.438 e. The summed E-state index contributed by atoms with van der Waals surface area (Å²) in [6.45, 7) is 13.6. The second-order valence-corrected chi connectivity index (χ2v) is 14.2. The molecule has 0 spiro atoms. The maximum Gasteiger partial charge on any atom is 0.410 e. The summed E-state index contributed by atoms with van der Waals surface area (Å²) in [6.07, 6.45) is 2.48. The molecule has 1 unspecified atom stereocenters. The fourth-order valence-corrected chi connectivity index (χ4v) is 7.31. The summed E-state index contributed by atoms with van der Waals surface area (Å²) < 4.78 is 20.2. The molecular weight excluding hydrogens is 599 g/mol. The SMILES string of the molecule is B[C@@H]1CC(=O)[C@@H](C)C(O)O[C@H](CC)[C@@]2(C)OC(=O)N(CCCCn3cc(-c4cccc(N)c4)nn3)[C@@H]2[C@@H](C)NC[C@H](C)C[C@@]1(C)OC. The molecule has 12 nitrogen and oxygen atoms in total. The number of carbonyl (C=O) groups excluding carboxylic acids is 2. The highest BCUT2D eigenvalue weighted by molar-refractivity contribution is 6.14. The van der Waals surface area contributed by atoms with Crippen LogP contribution in [-0.2, 0) is 25.5 Å². The zero-order valence-corrected chi connectivity index (χ0v) is 29.4. The second-order valence-electron chi connectivity index (χ2n) is 14.2. The van der Waals surface area contributed by atoms with E-state index < -0.39 is 35.6 Å². The molecule has 47 heavy (non-hydrogen) atoms. The molecule has 0 saturated carbocycles. The van der Waals surface area contributed by atoms with Crippen LogP contribution in [0.5, 0.6) is 0 Å². The lowest BCUT2D eigenvalue weighted by Crippen LogP contribution is -2.61. The Hall–Kier alpha value is -3.00. The summed E-state index contributed by atoms with van der Waals surface area (Å²) in [6, 6.07) is 7.00. The monoisotopic (exact) mass is 654 g/mol. The number of ether oxygens (including phenoxy) is 3. The number of nitrogens with zero attached hydrogens (tertiary/aromatic N) is 4. The number of hydrogen-bond donors (Lipinski definition) is 3. The molecule has 1 amide bonds. The number of aromatic nitrogens is 3. The van der Waals surface area contributed by atoms with Crippen LogP contribution in [0, 0.1) is 11.8 Å². The number of carbonyl (C=O) groups is 2. The van der Waals surface area contributed by atoms with Gasteiger partial charge in [-0.05, 0) is 76.9 Å². The molecule has 2 saturated heterocycles. The maximum atomic E-state index is 13.6. The van der Waals surface area contributed by atoms with E-state index in [1.807, 2.05) is 59.1 Å². The van der Waals surface area contributed by atoms with Gasteiger partial charge in [-0.15, -0.1) is 5.10 Å². The van der Waals surface area contributed by atoms with Crippen LogP contribution < -0.4 is 11.1 Å². The average molecular weight is 655 g/mol. The summed E-state index contributed by atoms with van der Waals surface area (Å²) in [5.74, 6) is -0.672. The third-order valence-corrected chi connectivity index (χ3v) is 10.5. The van der Waals surface area contributed by atoms with Gasteiger partial charge in [0.1, 0.15) is 25.4 Å². The van der Waals surface area contributed by atoms with Crippen molar-refractivity contribution in [1.82, 2.24) is 25.2 Å². The number of nitrogens with one attached hydrogen (secondary N) is 1. The minimum absolute atomic E-state index is 0.0591. The van der Waals surface area contributed by atoms with E-state index in [1.165, 1.54) is 0 Å². The third kappa shape index (κ3) is 8.36. The standard InChI is InChI=1S/C34H55BN6O6/c1-8-29-34(6)30(23(4)37-19-21(2)18-33(5,45-7)28(35)17-27(42)22(3)31(43)46-29)41(32(44)47-34)15-10-9-14-40-20-26(38-39-40)24-12-11-13-25(36)16-24/h11-13,16,20-23,28-31,37,43H,8-10,14-15,17-19,35-36H2,1-7H3/t21-,22-,23-,28-,29-,30-,31?,33-,34-/m1/s1. The quantitative estimate of drug-likeness (QED) is 0.219. The van der Waals surface area contributed by atoms with Crippen LogP contribution in [0.4, 0.5) is 10.5 Å². The molecule has 2 aliphatic heterocycles. The predicted molar refractivity (Wildman–Crippen MR) is 183 cm³/mol. The number of ketones is 1. The molecule has 4 rings (SSSR count). The first-order chi connectivity index (χ1) is 22.2. The van der Waals surface area contributed by atoms with Crippen molar-refractivity contribution < 1.29 is 28.9 Å². The number of fused-ring (bicyclic) bond motifs is 1. The molecule has 0 radical (unpaired) electrons. The first-order valence-corrected chi connectivity index (χ1v) is 17.1. The van der Waals surface area contributed by atoms with Gasteiger partial charge in [0, 0.05) is 43.9 Å². The van der Waals surface area contributed by atoms with Crippen LogP contribution in [0.15, 0.2) is 30.5 Å². The van der Waals surface area contributed by atoms with Gasteiger partial charge < -0.3 is 30.4 Å². The molecule has 9 atom stereocenters. The van der Waals surface area contributed by atoms with Gasteiger partial charge in [0.2, 0.25) is 0 Å². The first kappa shape index (κ1) is 36.8. The third-order valence-electron chi connectivity index (χ3n) is 10.5. The molecular formula is C34H55BN6O6. The Morgan fingerprint density at radius 3 is 2.60 bits per heavy atom. The van der Waals surface area contributed by atoms with Crippen molar-refractivity contribution in [3.63, 3.8) is 0 Å². The number of hydrogen-bond acceptors (Lipinski definition) is 10. The fourth-order valence-electron chi connectivity index (χ4n) is 7.31. The molecule has 1 aromatic heterocycles. The van der Waals surface area contributed by atoms with Crippen molar-refractivity contribution in [2.45, 2.75) is 122 Å². The summed E-state index contributed by atoms with van der Waals surface area (Å²) in [4.78, 5) is 28.7. The molecule has 2 aromatic rings. The zero-order valence-electron chi connectivity index (χ0n) is 29.4. The summed E-state index contributed by atoms with van der Waals surface area (Å²) in [5, 5.41) is 23.4. The number of methoxy groups -OCH3 is 1. The van der Waals surface area contributed by atoms with Gasteiger partial charge in [-0.3, -0.25) is 14.4 Å². The number of benzene rings is 1. The van der Waals surface area contributed by atoms with Gasteiger partial charge in [-0.2, -0.15) is 0 Å². The van der Waals surface area contributed by atoms with Gasteiger partial charge in [0.15, 0.2) is 11.9 Å². The van der Waals surface area contributed by atoms with Crippen LogP contribution in [0.25, 0.3) is 11.3 Å². The Morgan fingerprint density at radius 1 is 1.19 bits per heavy atom. The minimum Gasteiger partial charge on any atom is -0.438 e. The van der Waals surface area contributed by atoms with Crippen molar-refractivity contribution in [2.75, 3.05) is 25.9 Å². The number of nitrogens with two attached hydrogens (primary N) is 1. The summed E-state index contributed by atoms with van der Waals surface area (Å²) in [7, 11) is 3.72. The van der Waals surface area contributed by atoms with Gasteiger partial charge in [-0.1, -0.05) is 38.1 Å². The smallest absolute Gasteiger partial charge is 0.410 e. The molecule has 2 aliphatic rings. The summed E-state index contributed by atoms with van der Waals surface area (Å²) in [5.41, 5.74) is 6.67. The van der Waals surface area contributed by atoms with Crippen molar-refractivity contribution in [3.05, 3.63) is 30.5 Å². The van der Waals surface area contributed by atoms with E-state index in [0.29, 0.717) is 38.2 Å². The van der Waals surface area contributed by atoms with Gasteiger partial charge >= 0.3 is 6.09 Å². The average Bonchev–Trinajstić information content (AvgIpc) is 3.61. The number of anilines is 1. The molecule has 2 fully saturated rings. The van der Waals surface area contributed by atoms with Crippen LogP contribution in [-0.4, -0.2) is 101 Å². The highest BCUT2D eigenvalue weighted by Crippen LogP contribution is 2.40. The molecule has 0 bridgehead atoms. The molecule has 13 heteroatoms. The molecule has 260 valence electrons. The normalized spacial score (nSPS) is 34.4. The number of Topliss-reactive ketones (excluding diaryl/α,β-unsaturated/α-hetero) is 1. The Kier molecular flexibility index (Phi) is 12.1. The van der Waals surface area contributed by atoms with E-state index in [0.717, 1.165) is 24.1 Å². The van der Waals surface area contributed by atoms with Crippen molar-refractivity contribution in [2.24, 2.45) is 11.8 Å². The van der Waals surface area contributed by atoms with Crippen LogP contribution in [0.2, 0.25) is 5.82 Å². The van der Waals surface area contributed by atoms with E-state index in [4.69, 9.17) is 19.9 Å². The van der Waals surface area contributed by atoms with Crippen LogP contribution in [0.1, 0.15) is 73.6 Å². The van der Waals surface area contributed by atoms with Crippen LogP contribution >= 0.6 is 0 Å². The van der Waals surface area contributed by atoms with E-state index in [1.54, 1.807) is 23.6 Å². The predicted octanol–water partition coefficient (Wildman–Crippen LogP) is 3.44. The molecule has 0 aliphatic carbocycles. The van der Waals surface area contributed by atoms with Gasteiger partial charge in [0.25, 0.3) is 0 Å². The van der Waals surface area contributed by atoms with E-state index in [2.05, 4.69) is 29.5 Å². The van der Waals surface area contributed by atoms with Crippen LogP contribution in [0.3, 0.4) is 0 Å². The lowest BCUT2D eigenvalue weighted by atomic mass is 9.67. The van der Waals surface area contributed by atoms with Gasteiger partial charge in [-0.25, -0.2) is 4.79 Å². The minimum atomic E-state index is -1.34. The Balaban J connectivity index is 1.52. The number of unbranched alkanes of at least 4 members (excludes halogenated alkanes) is 1. The van der Waals surface area contributed by atoms with Crippen molar-refractivity contribution in [1.29, 1.82) is 0 Å². The number of aliphatic hydroxyl groups is 1. The zero-order chi connectivity index (χ0) is 34.5. The Labute approximate surface area is 280 Å². The molecule has 1 aromatic carbocycles. The van der Waals surface area contributed by atoms with E-state index in [-0.39, 0.29) is 36.0 Å². The van der Waals surface area contributed by atoms with Crippen molar-refractivity contribution in [3.8, 4) is 11.3 Å². The van der Waals surface area contributed by atoms with E-state index >= 15 is 0 Å². The Bertz CT molecular complexity index is 1360. The Morgan fingerprint density at radius 2 is 1.91 bits per heavy atom. The van der Waals surface area contributed by atoms with E-state index in [9.17, 15) is 14.7 Å². The highest BCUT2D eigenvalue weighted by atomic mass is 16.6. The number of nitrogen functional groups attached to an aromatic ring is 1. The lowest BCUT2D eigenvalue weighted by Gasteiger charge is -2.42. The number of aryl methyl sites for hydroxylation is 1.